The van der Waals surface area contributed by atoms with E-state index in [9.17, 15) is 18.0 Å². The molecular formula is C16H19F3O2. The lowest BCUT2D eigenvalue weighted by atomic mass is 9.93. The summed E-state index contributed by atoms with van der Waals surface area (Å²) in [7, 11) is 0. The Hall–Kier alpha value is -1.78. The van der Waals surface area contributed by atoms with Gasteiger partial charge in [0.25, 0.3) is 0 Å². The minimum absolute atomic E-state index is 0.00427. The Labute approximate surface area is 122 Å². The molecule has 0 aliphatic carbocycles. The number of hydrogen-bond donors (Lipinski definition) is 0. The van der Waals surface area contributed by atoms with Crippen molar-refractivity contribution in [3.05, 3.63) is 48.0 Å². The minimum Gasteiger partial charge on any atom is -0.466 e. The van der Waals surface area contributed by atoms with Crippen LogP contribution in [0.3, 0.4) is 0 Å². The average Bonchev–Trinajstić information content (AvgIpc) is 2.42. The molecule has 21 heavy (non-hydrogen) atoms. The molecule has 5 heteroatoms. The first-order valence-electron chi connectivity index (χ1n) is 6.77. The zero-order valence-electron chi connectivity index (χ0n) is 12.0. The van der Waals surface area contributed by atoms with E-state index >= 15 is 0 Å². The van der Waals surface area contributed by atoms with Crippen molar-refractivity contribution >= 4 is 5.97 Å². The Bertz CT molecular complexity index is 463. The largest absolute Gasteiger partial charge is 0.466 e. The molecule has 1 rings (SSSR count). The third-order valence-corrected chi connectivity index (χ3v) is 3.17. The van der Waals surface area contributed by atoms with Crippen LogP contribution in [0.4, 0.5) is 13.2 Å². The fraction of sp³-hybridized carbons (Fsp3) is 0.438. The van der Waals surface area contributed by atoms with Gasteiger partial charge in [0.15, 0.2) is 0 Å². The van der Waals surface area contributed by atoms with E-state index in [0.717, 1.165) is 37.0 Å². The van der Waals surface area contributed by atoms with Crippen molar-refractivity contribution in [2.24, 2.45) is 0 Å². The molecule has 0 fully saturated rings. The molecule has 116 valence electrons. The molecule has 1 aromatic carbocycles. The van der Waals surface area contributed by atoms with Gasteiger partial charge in [-0.05, 0) is 37.0 Å². The number of benzene rings is 1. The second-order valence-electron chi connectivity index (χ2n) is 4.80. The first kappa shape index (κ1) is 17.3. The van der Waals surface area contributed by atoms with Gasteiger partial charge in [-0.3, -0.25) is 4.79 Å². The summed E-state index contributed by atoms with van der Waals surface area (Å²) >= 11 is 0. The Kier molecular flexibility index (Phi) is 6.46. The molecule has 0 heterocycles. The highest BCUT2D eigenvalue weighted by molar-refractivity contribution is 5.65. The molecule has 0 N–H and O–H groups in total. The van der Waals surface area contributed by atoms with E-state index in [1.165, 1.54) is 19.1 Å². The predicted octanol–water partition coefficient (Wildman–Crippen LogP) is 4.71. The summed E-state index contributed by atoms with van der Waals surface area (Å²) in [6, 6.07) is 5.15. The standard InChI is InChI=1S/C16H19F3O2/c1-3-13(6-4-5-11-21-12(2)20)14-7-9-15(10-8-14)16(17,18)19/h3,7-10,13H,1,4-6,11H2,2H3/t13-/m0/s1. The highest BCUT2D eigenvalue weighted by Crippen LogP contribution is 2.31. The number of allylic oxidation sites excluding steroid dienone is 1. The second-order valence-corrected chi connectivity index (χ2v) is 4.80. The van der Waals surface area contributed by atoms with Gasteiger partial charge in [-0.1, -0.05) is 18.2 Å². The van der Waals surface area contributed by atoms with Crippen molar-refractivity contribution in [1.82, 2.24) is 0 Å². The maximum absolute atomic E-state index is 12.5. The SMILES string of the molecule is C=C[C@@H](CCCCOC(C)=O)c1ccc(C(F)(F)F)cc1. The van der Waals surface area contributed by atoms with Crippen molar-refractivity contribution < 1.29 is 22.7 Å². The minimum atomic E-state index is -4.31. The van der Waals surface area contributed by atoms with Gasteiger partial charge in [-0.25, -0.2) is 0 Å². The molecule has 0 aromatic heterocycles. The van der Waals surface area contributed by atoms with Crippen LogP contribution in [-0.2, 0) is 15.7 Å². The van der Waals surface area contributed by atoms with Gasteiger partial charge in [0, 0.05) is 12.8 Å². The van der Waals surface area contributed by atoms with Crippen LogP contribution in [0, 0.1) is 0 Å². The number of unbranched alkanes of at least 4 members (excludes halogenated alkanes) is 1. The lowest BCUT2D eigenvalue weighted by molar-refractivity contribution is -0.141. The van der Waals surface area contributed by atoms with Gasteiger partial charge in [-0.2, -0.15) is 13.2 Å². The van der Waals surface area contributed by atoms with E-state index in [0.29, 0.717) is 6.61 Å². The molecule has 0 spiro atoms. The number of alkyl halides is 3. The molecule has 0 bridgehead atoms. The van der Waals surface area contributed by atoms with E-state index in [1.54, 1.807) is 6.08 Å². The van der Waals surface area contributed by atoms with Crippen LogP contribution >= 0.6 is 0 Å². The summed E-state index contributed by atoms with van der Waals surface area (Å²) in [6.07, 6.45) is -0.285. The van der Waals surface area contributed by atoms with Crippen molar-refractivity contribution in [2.45, 2.75) is 38.3 Å². The Morgan fingerprint density at radius 1 is 1.29 bits per heavy atom. The molecule has 0 aliphatic rings. The fourth-order valence-electron chi connectivity index (χ4n) is 2.02. The summed E-state index contributed by atoms with van der Waals surface area (Å²) in [4.78, 5) is 10.6. The van der Waals surface area contributed by atoms with E-state index in [2.05, 4.69) is 6.58 Å². The first-order valence-corrected chi connectivity index (χ1v) is 6.77. The summed E-state index contributed by atoms with van der Waals surface area (Å²) in [6.45, 7) is 5.45. The first-order chi connectivity index (χ1) is 9.84. The van der Waals surface area contributed by atoms with Crippen LogP contribution in [0.2, 0.25) is 0 Å². The Morgan fingerprint density at radius 2 is 1.90 bits per heavy atom. The predicted molar refractivity (Wildman–Crippen MR) is 74.9 cm³/mol. The molecule has 1 atom stereocenters. The summed E-state index contributed by atoms with van der Waals surface area (Å²) < 4.78 is 42.3. The zero-order valence-corrected chi connectivity index (χ0v) is 12.0. The quantitative estimate of drug-likeness (QED) is 0.414. The van der Waals surface area contributed by atoms with Crippen molar-refractivity contribution in [3.63, 3.8) is 0 Å². The summed E-state index contributed by atoms with van der Waals surface area (Å²) in [5.74, 6) is -0.303. The van der Waals surface area contributed by atoms with Gasteiger partial charge in [-0.15, -0.1) is 6.58 Å². The average molecular weight is 300 g/mol. The van der Waals surface area contributed by atoms with Gasteiger partial charge in [0.2, 0.25) is 0 Å². The van der Waals surface area contributed by atoms with Crippen molar-refractivity contribution in [2.75, 3.05) is 6.61 Å². The molecule has 2 nitrogen and oxygen atoms in total. The number of rotatable bonds is 7. The topological polar surface area (TPSA) is 26.3 Å². The number of carbonyl (C=O) groups excluding carboxylic acids is 1. The van der Waals surface area contributed by atoms with Crippen molar-refractivity contribution in [1.29, 1.82) is 0 Å². The van der Waals surface area contributed by atoms with E-state index in [4.69, 9.17) is 4.74 Å². The molecular weight excluding hydrogens is 281 g/mol. The van der Waals surface area contributed by atoms with Crippen LogP contribution in [0.15, 0.2) is 36.9 Å². The maximum atomic E-state index is 12.5. The van der Waals surface area contributed by atoms with Gasteiger partial charge in [0.1, 0.15) is 0 Å². The maximum Gasteiger partial charge on any atom is 0.416 e. The molecule has 0 radical (unpaired) electrons. The smallest absolute Gasteiger partial charge is 0.416 e. The lowest BCUT2D eigenvalue weighted by Crippen LogP contribution is -2.05. The normalized spacial score (nSPS) is 12.8. The number of hydrogen-bond acceptors (Lipinski definition) is 2. The monoisotopic (exact) mass is 300 g/mol. The van der Waals surface area contributed by atoms with Crippen LogP contribution in [0.5, 0.6) is 0 Å². The van der Waals surface area contributed by atoms with Crippen LogP contribution in [0.1, 0.15) is 43.2 Å². The van der Waals surface area contributed by atoms with Gasteiger partial charge in [0.05, 0.1) is 12.2 Å². The number of esters is 1. The number of halogens is 3. The number of ether oxygens (including phenoxy) is 1. The second kappa shape index (κ2) is 7.86. The molecule has 0 unspecified atom stereocenters. The van der Waals surface area contributed by atoms with E-state index in [-0.39, 0.29) is 11.9 Å². The Balaban J connectivity index is 2.52. The molecule has 0 aliphatic heterocycles. The lowest BCUT2D eigenvalue weighted by Gasteiger charge is -2.14. The highest BCUT2D eigenvalue weighted by Gasteiger charge is 2.30. The van der Waals surface area contributed by atoms with E-state index in [1.807, 2.05) is 0 Å². The van der Waals surface area contributed by atoms with Gasteiger partial charge >= 0.3 is 12.1 Å². The van der Waals surface area contributed by atoms with Gasteiger partial charge < -0.3 is 4.74 Å². The third-order valence-electron chi connectivity index (χ3n) is 3.17. The van der Waals surface area contributed by atoms with Crippen LogP contribution in [0.25, 0.3) is 0 Å². The van der Waals surface area contributed by atoms with E-state index < -0.39 is 11.7 Å². The molecule has 0 amide bonds. The molecule has 0 saturated heterocycles. The number of carbonyl (C=O) groups is 1. The summed E-state index contributed by atoms with van der Waals surface area (Å²) in [5.41, 5.74) is 0.161. The zero-order chi connectivity index (χ0) is 15.9. The Morgan fingerprint density at radius 3 is 2.38 bits per heavy atom. The summed E-state index contributed by atoms with van der Waals surface area (Å²) in [5, 5.41) is 0. The fourth-order valence-corrected chi connectivity index (χ4v) is 2.02. The van der Waals surface area contributed by atoms with Crippen LogP contribution in [-0.4, -0.2) is 12.6 Å². The highest BCUT2D eigenvalue weighted by atomic mass is 19.4. The third kappa shape index (κ3) is 6.02. The molecule has 0 saturated carbocycles. The van der Waals surface area contributed by atoms with Crippen molar-refractivity contribution in [3.8, 4) is 0 Å². The van der Waals surface area contributed by atoms with Crippen LogP contribution < -0.4 is 0 Å². The molecule has 1 aromatic rings.